The fraction of sp³-hybridized carbons (Fsp3) is 0.391. The van der Waals surface area contributed by atoms with Gasteiger partial charge in [-0.25, -0.2) is 22.8 Å². The molecule has 0 amide bonds. The van der Waals surface area contributed by atoms with Gasteiger partial charge in [-0.15, -0.1) is 6.92 Å². The molecule has 0 aromatic heterocycles. The first-order chi connectivity index (χ1) is 11.8. The van der Waals surface area contributed by atoms with Crippen LogP contribution in [0.15, 0.2) is 64.8 Å². The number of hydrogen-bond donors (Lipinski definition) is 0. The molecule has 2 heteroatoms. The van der Waals surface area contributed by atoms with Crippen molar-refractivity contribution in [2.24, 2.45) is 11.8 Å². The summed E-state index contributed by atoms with van der Waals surface area (Å²) in [4.78, 5) is 0. The van der Waals surface area contributed by atoms with Gasteiger partial charge in [0.25, 0.3) is 0 Å². The topological polar surface area (TPSA) is 0 Å². The third kappa shape index (κ3) is 8.97. The normalized spacial score (nSPS) is 21.0. The van der Waals surface area contributed by atoms with Crippen LogP contribution in [-0.2, 0) is 29.4 Å². The van der Waals surface area contributed by atoms with Crippen molar-refractivity contribution >= 4 is 6.16 Å². The summed E-state index contributed by atoms with van der Waals surface area (Å²) in [5, 5.41) is 0. The Morgan fingerprint density at radius 1 is 1.00 bits per heavy atom. The van der Waals surface area contributed by atoms with Crippen molar-refractivity contribution in [2.75, 3.05) is 0 Å². The van der Waals surface area contributed by atoms with Gasteiger partial charge >= 0.3 is 71.4 Å². The first kappa shape index (κ1) is 22.3. The van der Waals surface area contributed by atoms with E-state index >= 15 is 0 Å². The van der Waals surface area contributed by atoms with E-state index in [4.69, 9.17) is 0 Å². The van der Waals surface area contributed by atoms with Crippen LogP contribution in [0.5, 0.6) is 0 Å². The molecule has 3 rings (SSSR count). The van der Waals surface area contributed by atoms with Crippen LogP contribution in [0.4, 0.5) is 0 Å². The maximum atomic E-state index is 3.29. The number of benzene rings is 1. The van der Waals surface area contributed by atoms with E-state index in [0.29, 0.717) is 18.0 Å². The van der Waals surface area contributed by atoms with Crippen LogP contribution in [-0.4, -0.2) is 6.16 Å². The summed E-state index contributed by atoms with van der Waals surface area (Å²) < 4.78 is 0. The van der Waals surface area contributed by atoms with Crippen molar-refractivity contribution in [3.8, 4) is 0 Å². The molecule has 0 saturated carbocycles. The Hall–Kier alpha value is -0.720. The Kier molecular flexibility index (Phi) is 10.5. The molecule has 2 aliphatic carbocycles. The number of allylic oxidation sites excluding steroid dienone is 8. The molecule has 0 saturated heterocycles. The average Bonchev–Trinajstić information content (AvgIpc) is 3.01. The van der Waals surface area contributed by atoms with Gasteiger partial charge in [0.1, 0.15) is 0 Å². The van der Waals surface area contributed by atoms with Gasteiger partial charge in [-0.3, -0.25) is 12.2 Å². The summed E-state index contributed by atoms with van der Waals surface area (Å²) in [6.07, 6.45) is 11.7. The van der Waals surface area contributed by atoms with Crippen LogP contribution >= 0.6 is 0 Å². The Morgan fingerprint density at radius 2 is 1.64 bits per heavy atom. The summed E-state index contributed by atoms with van der Waals surface area (Å²) in [7, 11) is 0. The maximum absolute atomic E-state index is 3.29. The van der Waals surface area contributed by atoms with Gasteiger partial charge in [-0.2, -0.15) is 11.6 Å². The number of rotatable bonds is 2. The zero-order valence-electron chi connectivity index (χ0n) is 16.5. The Balaban J connectivity index is 0.000000188. The van der Waals surface area contributed by atoms with Crippen LogP contribution in [0, 0.1) is 24.0 Å². The molecule has 0 fully saturated rings. The van der Waals surface area contributed by atoms with E-state index in [2.05, 4.69) is 96.2 Å². The molecule has 0 N–H and O–H groups in total. The Morgan fingerprint density at radius 3 is 1.92 bits per heavy atom. The summed E-state index contributed by atoms with van der Waals surface area (Å²) in [5.41, 5.74) is 6.93. The summed E-state index contributed by atoms with van der Waals surface area (Å²) in [6, 6.07) is 12.0. The van der Waals surface area contributed by atoms with Gasteiger partial charge in [0, 0.05) is 0 Å². The van der Waals surface area contributed by atoms with E-state index in [1.807, 2.05) is 0 Å². The molecule has 0 radical (unpaired) electrons. The molecule has 1 aromatic rings. The molecule has 1 aromatic carbocycles. The molecule has 25 heavy (non-hydrogen) atoms. The van der Waals surface area contributed by atoms with E-state index in [-0.39, 0.29) is 0 Å². The van der Waals surface area contributed by atoms with Crippen LogP contribution < -0.4 is 0 Å². The predicted octanol–water partition coefficient (Wildman–Crippen LogP) is 5.75. The van der Waals surface area contributed by atoms with E-state index in [1.54, 1.807) is 23.3 Å². The third-order valence-electron chi connectivity index (χ3n) is 4.29. The minimum absolute atomic E-state index is 0.551. The first-order valence-electron chi connectivity index (χ1n) is 8.93. The van der Waals surface area contributed by atoms with Crippen molar-refractivity contribution in [2.45, 2.75) is 47.6 Å². The molecule has 2 aliphatic rings. The van der Waals surface area contributed by atoms with E-state index in [1.165, 1.54) is 33.9 Å². The van der Waals surface area contributed by atoms with Crippen molar-refractivity contribution in [3.05, 3.63) is 82.5 Å². The van der Waals surface area contributed by atoms with Gasteiger partial charge in [-0.05, 0) is 0 Å². The second-order valence-electron chi connectivity index (χ2n) is 6.74. The van der Waals surface area contributed by atoms with Crippen LogP contribution in [0.25, 0.3) is 0 Å². The second-order valence-corrected chi connectivity index (χ2v) is 10.6. The summed E-state index contributed by atoms with van der Waals surface area (Å²) in [5.74, 6) is 1.12. The molecule has 0 nitrogen and oxygen atoms in total. The summed E-state index contributed by atoms with van der Waals surface area (Å²) in [6.45, 7) is 12.8. The Bertz CT molecular complexity index is 659. The van der Waals surface area contributed by atoms with Crippen LogP contribution in [0.1, 0.15) is 47.1 Å². The van der Waals surface area contributed by atoms with Crippen LogP contribution in [0.2, 0.25) is 0 Å². The number of hydrogen-bond acceptors (Lipinski definition) is 0. The molecule has 0 spiro atoms. The molecular weight excluding hydrogens is 396 g/mol. The molecule has 130 valence electrons. The zero-order valence-corrected chi connectivity index (χ0v) is 20.1. The van der Waals surface area contributed by atoms with E-state index < -0.39 is 0 Å². The first-order valence-corrected chi connectivity index (χ1v) is 14.6. The molecule has 0 aliphatic heterocycles. The minimum atomic E-state index is 0.551. The van der Waals surface area contributed by atoms with Gasteiger partial charge in [0.05, 0.1) is 0 Å². The van der Waals surface area contributed by atoms with E-state index in [9.17, 15) is 0 Å². The predicted molar refractivity (Wildman–Crippen MR) is 108 cm³/mol. The fourth-order valence-corrected chi connectivity index (χ4v) is 4.94. The third-order valence-corrected chi connectivity index (χ3v) is 6.47. The Labute approximate surface area is 170 Å². The quantitative estimate of drug-likeness (QED) is 0.418. The monoisotopic (exact) mass is 424 g/mol. The standard InChI is InChI=1S/2C8H11.C7H8Si.Zr/c2*1-6-4-7(2)8(3)5-6;8-6-7-4-2-1-3-5-7;/h4,8H,1-3H3;4,6H,1-3H3;1-5,8H,6H2;/q2*-1;;+2. The van der Waals surface area contributed by atoms with Gasteiger partial charge < -0.3 is 0 Å². The van der Waals surface area contributed by atoms with Gasteiger partial charge in [0.2, 0.25) is 0 Å². The zero-order chi connectivity index (χ0) is 18.8. The molecular formula is C23H30SiZr. The molecule has 0 heterocycles. The SMILES string of the molecule is CC1=[C-]C(C)C(C)=C1.CC1=[C-]C(C)C=C1C.[Zr+2]=[SiH]Cc1ccccc1. The fourth-order valence-electron chi connectivity index (χ4n) is 2.69. The van der Waals surface area contributed by atoms with Gasteiger partial charge in [0.15, 0.2) is 0 Å². The average molecular weight is 426 g/mol. The van der Waals surface area contributed by atoms with Crippen molar-refractivity contribution in [1.82, 2.24) is 0 Å². The van der Waals surface area contributed by atoms with E-state index in [0.717, 1.165) is 0 Å². The van der Waals surface area contributed by atoms with Crippen molar-refractivity contribution < 1.29 is 23.3 Å². The second kappa shape index (κ2) is 11.8. The molecule has 0 bridgehead atoms. The summed E-state index contributed by atoms with van der Waals surface area (Å²) >= 11 is 1.72. The van der Waals surface area contributed by atoms with Crippen LogP contribution in [0.3, 0.4) is 0 Å². The molecule has 2 unspecified atom stereocenters. The van der Waals surface area contributed by atoms with Gasteiger partial charge in [-0.1, -0.05) is 46.5 Å². The molecule has 2 atom stereocenters. The van der Waals surface area contributed by atoms with Crippen molar-refractivity contribution in [3.63, 3.8) is 0 Å². The van der Waals surface area contributed by atoms with Crippen molar-refractivity contribution in [1.29, 1.82) is 0 Å².